The number of carboxylic acid groups (broad SMARTS) is 1. The van der Waals surface area contributed by atoms with Gasteiger partial charge in [-0.1, -0.05) is 81.4 Å². The molecule has 8 N–H and O–H groups in total. The van der Waals surface area contributed by atoms with Crippen molar-refractivity contribution in [2.45, 2.75) is 89.8 Å². The lowest BCUT2D eigenvalue weighted by atomic mass is 10.0. The normalized spacial score (nSPS) is 13.2. The van der Waals surface area contributed by atoms with Crippen LogP contribution in [-0.2, 0) is 13.0 Å². The topological polar surface area (TPSA) is 181 Å². The summed E-state index contributed by atoms with van der Waals surface area (Å²) in [5.74, 6) is 4.85. The number of benzene rings is 3. The average Bonchev–Trinajstić information content (AvgIpc) is 3.11. The molecule has 0 unspecified atom stereocenters. The van der Waals surface area contributed by atoms with Crippen molar-refractivity contribution < 1.29 is 45.9 Å². The van der Waals surface area contributed by atoms with Crippen molar-refractivity contribution in [2.24, 2.45) is 0 Å². The Hall–Kier alpha value is -3.95. The van der Waals surface area contributed by atoms with Crippen molar-refractivity contribution in [1.82, 2.24) is 0 Å². The van der Waals surface area contributed by atoms with Crippen LogP contribution in [0.15, 0.2) is 66.7 Å². The van der Waals surface area contributed by atoms with Gasteiger partial charge in [0.15, 0.2) is 0 Å². The standard InChI is InChI=1S/C32H37NO3.C7H17NO5/c1-3-5-7-8-22-33(29-20-21-30(32(35)36)31(34)23-29)24-28-18-16-27(17-19-28)15-14-26-12-10-25(11-13-26)9-6-4-2;1-8-2-4(10)6(12)7(13)5(11)3-9/h10-13,16-21,23,34H,3-9,22,24H2,1-2H3,(H,35,36);4-13H,2-3H2,1H3/t;4-,5+,6+,7+/m.0/s1. The van der Waals surface area contributed by atoms with E-state index in [0.717, 1.165) is 54.6 Å². The molecule has 4 atom stereocenters. The number of carboxylic acids is 1. The van der Waals surface area contributed by atoms with Crippen LogP contribution in [-0.4, -0.2) is 87.8 Å². The van der Waals surface area contributed by atoms with E-state index >= 15 is 0 Å². The van der Waals surface area contributed by atoms with Crippen LogP contribution in [0.25, 0.3) is 0 Å². The van der Waals surface area contributed by atoms with Gasteiger partial charge in [-0.2, -0.15) is 0 Å². The Kier molecular flexibility index (Phi) is 19.0. The molecule has 0 spiro atoms. The molecule has 49 heavy (non-hydrogen) atoms. The highest BCUT2D eigenvalue weighted by Gasteiger charge is 2.30. The molecule has 0 aromatic heterocycles. The summed E-state index contributed by atoms with van der Waals surface area (Å²) in [7, 11) is 1.70. The minimum atomic E-state index is -1.53. The molecule has 0 saturated heterocycles. The van der Waals surface area contributed by atoms with Crippen LogP contribution >= 0.6 is 0 Å². The molecule has 0 fully saturated rings. The molecule has 3 rings (SSSR count). The number of unbranched alkanes of at least 4 members (excludes halogenated alkanes) is 4. The summed E-state index contributed by atoms with van der Waals surface area (Å²) in [6, 6.07) is 21.3. The highest BCUT2D eigenvalue weighted by atomic mass is 16.4. The van der Waals surface area contributed by atoms with Crippen molar-refractivity contribution in [2.75, 3.05) is 31.6 Å². The maximum atomic E-state index is 12.3. The number of aliphatic hydroxyl groups excluding tert-OH is 5. The second kappa shape index (κ2) is 22.6. The van der Waals surface area contributed by atoms with Crippen LogP contribution in [0, 0.1) is 11.8 Å². The van der Waals surface area contributed by atoms with Crippen LogP contribution in [0.3, 0.4) is 0 Å². The number of hydrogen-bond acceptors (Lipinski definition) is 8. The van der Waals surface area contributed by atoms with Gasteiger partial charge >= 0.3 is 5.97 Å². The summed E-state index contributed by atoms with van der Waals surface area (Å²) >= 11 is 0. The Bertz CT molecular complexity index is 1440. The molecule has 0 amide bonds. The zero-order valence-corrected chi connectivity index (χ0v) is 29.0. The number of quaternary nitrogens is 1. The monoisotopic (exact) mass is 678 g/mol. The van der Waals surface area contributed by atoms with Crippen LogP contribution in [0.4, 0.5) is 5.69 Å². The summed E-state index contributed by atoms with van der Waals surface area (Å²) in [4.78, 5) is 13.4. The van der Waals surface area contributed by atoms with Crippen molar-refractivity contribution in [3.63, 3.8) is 0 Å². The Labute approximate surface area is 290 Å². The van der Waals surface area contributed by atoms with E-state index in [2.05, 4.69) is 67.0 Å². The Balaban J connectivity index is 0.000000543. The van der Waals surface area contributed by atoms with Crippen molar-refractivity contribution in [3.8, 4) is 17.6 Å². The lowest BCUT2D eigenvalue weighted by Gasteiger charge is -2.27. The van der Waals surface area contributed by atoms with Gasteiger partial charge < -0.3 is 46.0 Å². The molecule has 0 aliphatic heterocycles. The van der Waals surface area contributed by atoms with Crippen LogP contribution < -0.4 is 15.3 Å². The summed E-state index contributed by atoms with van der Waals surface area (Å²) in [6.07, 6.45) is 2.46. The Morgan fingerprint density at radius 2 is 1.37 bits per heavy atom. The van der Waals surface area contributed by atoms with Gasteiger partial charge in [0.2, 0.25) is 0 Å². The summed E-state index contributed by atoms with van der Waals surface area (Å²) < 4.78 is 0. The van der Waals surface area contributed by atoms with Gasteiger partial charge in [0.1, 0.15) is 31.0 Å². The van der Waals surface area contributed by atoms with Crippen molar-refractivity contribution in [3.05, 3.63) is 94.5 Å². The Morgan fingerprint density at radius 3 is 1.88 bits per heavy atom. The number of rotatable bonds is 18. The molecule has 0 saturated carbocycles. The molecule has 0 bridgehead atoms. The second-order valence-corrected chi connectivity index (χ2v) is 12.2. The SMILES string of the molecule is CCCCCCN(Cc1ccc(C#Cc2ccc(CCCC)cc2)cc1)c1ccc(C(=O)O)c([O-])c1.C[NH2+]C[C@H](O)[C@@H](O)[C@H](O)[C@H](O)CO. The minimum absolute atomic E-state index is 0.191. The van der Waals surface area contributed by atoms with E-state index in [4.69, 9.17) is 15.3 Å². The number of nitrogens with two attached hydrogens (primary N) is 1. The van der Waals surface area contributed by atoms with E-state index in [9.17, 15) is 25.2 Å². The predicted molar refractivity (Wildman–Crippen MR) is 189 cm³/mol. The van der Waals surface area contributed by atoms with E-state index in [1.165, 1.54) is 37.0 Å². The number of aromatic carboxylic acids is 1. The lowest BCUT2D eigenvalue weighted by molar-refractivity contribution is -0.635. The maximum absolute atomic E-state index is 12.3. The van der Waals surface area contributed by atoms with Gasteiger partial charge in [0.05, 0.1) is 19.2 Å². The molecule has 0 radical (unpaired) electrons. The highest BCUT2D eigenvalue weighted by Crippen LogP contribution is 2.25. The van der Waals surface area contributed by atoms with E-state index < -0.39 is 42.7 Å². The van der Waals surface area contributed by atoms with Gasteiger partial charge in [-0.25, -0.2) is 4.79 Å². The fraction of sp³-hybridized carbons (Fsp3) is 0.462. The number of carbonyl (C=O) groups is 1. The molecule has 0 heterocycles. The number of aliphatic hydroxyl groups is 5. The van der Waals surface area contributed by atoms with Gasteiger partial charge in [-0.15, -0.1) is 0 Å². The van der Waals surface area contributed by atoms with Crippen LogP contribution in [0.1, 0.15) is 85.0 Å². The first-order valence-electron chi connectivity index (χ1n) is 17.1. The zero-order chi connectivity index (χ0) is 36.2. The number of anilines is 1. The maximum Gasteiger partial charge on any atom is 0.335 e. The fourth-order valence-electron chi connectivity index (χ4n) is 5.05. The molecule has 3 aromatic rings. The molecular weight excluding hydrogens is 624 g/mol. The van der Waals surface area contributed by atoms with Gasteiger partial charge in [0.25, 0.3) is 0 Å². The summed E-state index contributed by atoms with van der Waals surface area (Å²) in [5, 5.41) is 68.1. The fourth-order valence-corrected chi connectivity index (χ4v) is 5.05. The van der Waals surface area contributed by atoms with Gasteiger partial charge in [-0.05, 0) is 72.9 Å². The third-order valence-corrected chi connectivity index (χ3v) is 8.10. The first kappa shape index (κ1) is 41.2. The quantitative estimate of drug-likeness (QED) is 0.0785. The molecular formula is C39H54N2O8. The van der Waals surface area contributed by atoms with E-state index in [1.54, 1.807) is 18.4 Å². The second-order valence-electron chi connectivity index (χ2n) is 12.2. The molecule has 10 nitrogen and oxygen atoms in total. The first-order chi connectivity index (χ1) is 23.5. The van der Waals surface area contributed by atoms with Crippen molar-refractivity contribution >= 4 is 11.7 Å². The largest absolute Gasteiger partial charge is 0.872 e. The molecule has 10 heteroatoms. The lowest BCUT2D eigenvalue weighted by Crippen LogP contribution is -2.83. The molecule has 0 aliphatic rings. The number of hydrogen-bond donors (Lipinski definition) is 7. The highest BCUT2D eigenvalue weighted by molar-refractivity contribution is 5.91. The first-order valence-corrected chi connectivity index (χ1v) is 17.1. The van der Waals surface area contributed by atoms with Crippen LogP contribution in [0.2, 0.25) is 0 Å². The number of aryl methyl sites for hydroxylation is 1. The summed E-state index contributed by atoms with van der Waals surface area (Å²) in [5.41, 5.74) is 5.00. The molecule has 268 valence electrons. The Morgan fingerprint density at radius 1 is 0.796 bits per heavy atom. The average molecular weight is 679 g/mol. The smallest absolute Gasteiger partial charge is 0.335 e. The van der Waals surface area contributed by atoms with Gasteiger partial charge in [-0.3, -0.25) is 0 Å². The third kappa shape index (κ3) is 14.6. The summed E-state index contributed by atoms with van der Waals surface area (Å²) in [6.45, 7) is 5.40. The predicted octanol–water partition coefficient (Wildman–Crippen LogP) is 2.40. The number of nitrogens with zero attached hydrogens (tertiary/aromatic N) is 1. The van der Waals surface area contributed by atoms with E-state index in [-0.39, 0.29) is 12.1 Å². The minimum Gasteiger partial charge on any atom is -0.872 e. The van der Waals surface area contributed by atoms with E-state index in [0.29, 0.717) is 6.54 Å². The third-order valence-electron chi connectivity index (χ3n) is 8.10. The van der Waals surface area contributed by atoms with Crippen molar-refractivity contribution in [1.29, 1.82) is 0 Å². The van der Waals surface area contributed by atoms with E-state index in [1.807, 2.05) is 12.1 Å². The zero-order valence-electron chi connectivity index (χ0n) is 29.0. The molecule has 3 aromatic carbocycles. The number of likely N-dealkylation sites (N-methyl/N-ethyl adjacent to an activating group) is 1. The van der Waals surface area contributed by atoms with Crippen LogP contribution in [0.5, 0.6) is 5.75 Å². The molecule has 0 aliphatic carbocycles. The van der Waals surface area contributed by atoms with Gasteiger partial charge in [0, 0.05) is 29.9 Å².